The molecule has 0 aromatic rings. The minimum Gasteiger partial charge on any atom is -0.306 e. The molecule has 0 fully saturated rings. The third-order valence-corrected chi connectivity index (χ3v) is 2.43. The summed E-state index contributed by atoms with van der Waals surface area (Å²) in [7, 11) is 2.10. The molecule has 12 heavy (non-hydrogen) atoms. The molecule has 0 spiro atoms. The highest BCUT2D eigenvalue weighted by Crippen LogP contribution is 2.14. The molecule has 0 saturated heterocycles. The van der Waals surface area contributed by atoms with Gasteiger partial charge in [0.15, 0.2) is 0 Å². The van der Waals surface area contributed by atoms with Gasteiger partial charge in [0.2, 0.25) is 0 Å². The molecule has 0 aromatic heterocycles. The molecule has 1 unspecified atom stereocenters. The second-order valence-electron chi connectivity index (χ2n) is 3.76. The molecule has 0 N–H and O–H groups in total. The molecule has 0 radical (unpaired) electrons. The predicted molar refractivity (Wildman–Crippen MR) is 52.2 cm³/mol. The van der Waals surface area contributed by atoms with Gasteiger partial charge in [-0.05, 0) is 25.4 Å². The van der Waals surface area contributed by atoms with Gasteiger partial charge in [-0.2, -0.15) is 0 Å². The number of carbonyl (C=O) groups is 1. The van der Waals surface area contributed by atoms with E-state index in [4.69, 9.17) is 0 Å². The summed E-state index contributed by atoms with van der Waals surface area (Å²) >= 11 is 0. The Hall–Kier alpha value is -0.370. The first-order valence-electron chi connectivity index (χ1n) is 4.74. The van der Waals surface area contributed by atoms with Gasteiger partial charge in [0.25, 0.3) is 0 Å². The standard InChI is InChI=1S/C10H21NO/c1-5-11(4)8-10(6-7-12)9(2)3/h7,9-10H,5-6,8H2,1-4H3. The fourth-order valence-electron chi connectivity index (χ4n) is 1.21. The molecule has 2 heteroatoms. The summed E-state index contributed by atoms with van der Waals surface area (Å²) in [4.78, 5) is 12.6. The maximum Gasteiger partial charge on any atom is 0.120 e. The lowest BCUT2D eigenvalue weighted by atomic mass is 9.93. The molecule has 0 aliphatic rings. The third kappa shape index (κ3) is 4.50. The van der Waals surface area contributed by atoms with Crippen molar-refractivity contribution in [3.05, 3.63) is 0 Å². The van der Waals surface area contributed by atoms with Gasteiger partial charge in [-0.15, -0.1) is 0 Å². The lowest BCUT2D eigenvalue weighted by Gasteiger charge is -2.24. The minimum absolute atomic E-state index is 0.521. The number of hydrogen-bond acceptors (Lipinski definition) is 2. The Morgan fingerprint density at radius 2 is 2.00 bits per heavy atom. The van der Waals surface area contributed by atoms with Gasteiger partial charge in [-0.25, -0.2) is 0 Å². The van der Waals surface area contributed by atoms with Crippen molar-refractivity contribution in [2.75, 3.05) is 20.1 Å². The van der Waals surface area contributed by atoms with Crippen LogP contribution in [0, 0.1) is 11.8 Å². The maximum absolute atomic E-state index is 10.4. The molecule has 72 valence electrons. The molecule has 0 heterocycles. The molecule has 1 atom stereocenters. The predicted octanol–water partition coefficient (Wildman–Crippen LogP) is 1.80. The van der Waals surface area contributed by atoms with Crippen molar-refractivity contribution in [1.82, 2.24) is 4.90 Å². The Morgan fingerprint density at radius 3 is 2.33 bits per heavy atom. The number of nitrogens with zero attached hydrogens (tertiary/aromatic N) is 1. The first-order chi connectivity index (χ1) is 5.61. The molecule has 0 aromatic carbocycles. The van der Waals surface area contributed by atoms with Crippen LogP contribution in [0.2, 0.25) is 0 Å². The molecule has 0 bridgehead atoms. The fraction of sp³-hybridized carbons (Fsp3) is 0.900. The summed E-state index contributed by atoms with van der Waals surface area (Å²) < 4.78 is 0. The highest BCUT2D eigenvalue weighted by molar-refractivity contribution is 5.49. The van der Waals surface area contributed by atoms with E-state index in [0.717, 1.165) is 19.4 Å². The smallest absolute Gasteiger partial charge is 0.120 e. The molecule has 0 aliphatic carbocycles. The van der Waals surface area contributed by atoms with Crippen LogP contribution in [0.4, 0.5) is 0 Å². The Balaban J connectivity index is 3.85. The van der Waals surface area contributed by atoms with Crippen LogP contribution in [0.15, 0.2) is 0 Å². The average molecular weight is 171 g/mol. The third-order valence-electron chi connectivity index (χ3n) is 2.43. The number of carbonyl (C=O) groups excluding carboxylic acids is 1. The quantitative estimate of drug-likeness (QED) is 0.568. The van der Waals surface area contributed by atoms with Gasteiger partial charge in [-0.3, -0.25) is 0 Å². The van der Waals surface area contributed by atoms with Gasteiger partial charge in [0.1, 0.15) is 6.29 Å². The second-order valence-corrected chi connectivity index (χ2v) is 3.76. The summed E-state index contributed by atoms with van der Waals surface area (Å²) in [5.41, 5.74) is 0. The molecule has 0 saturated carbocycles. The van der Waals surface area contributed by atoms with Crippen molar-refractivity contribution in [2.45, 2.75) is 27.2 Å². The Morgan fingerprint density at radius 1 is 1.42 bits per heavy atom. The normalized spacial score (nSPS) is 13.8. The van der Waals surface area contributed by atoms with Gasteiger partial charge in [0.05, 0.1) is 0 Å². The lowest BCUT2D eigenvalue weighted by molar-refractivity contribution is -0.109. The minimum atomic E-state index is 0.521. The number of rotatable bonds is 6. The zero-order valence-electron chi connectivity index (χ0n) is 8.71. The van der Waals surface area contributed by atoms with Gasteiger partial charge in [-0.1, -0.05) is 20.8 Å². The zero-order valence-corrected chi connectivity index (χ0v) is 8.71. The van der Waals surface area contributed by atoms with Crippen molar-refractivity contribution >= 4 is 6.29 Å². The molecule has 0 amide bonds. The summed E-state index contributed by atoms with van der Waals surface area (Å²) in [5, 5.41) is 0. The monoisotopic (exact) mass is 171 g/mol. The van der Waals surface area contributed by atoms with Crippen molar-refractivity contribution in [3.8, 4) is 0 Å². The highest BCUT2D eigenvalue weighted by Gasteiger charge is 2.13. The van der Waals surface area contributed by atoms with Crippen LogP contribution in [0.25, 0.3) is 0 Å². The summed E-state index contributed by atoms with van der Waals surface area (Å²) in [6.45, 7) is 8.59. The van der Waals surface area contributed by atoms with Crippen molar-refractivity contribution < 1.29 is 4.79 Å². The molecule has 2 nitrogen and oxygen atoms in total. The van der Waals surface area contributed by atoms with E-state index in [1.807, 2.05) is 0 Å². The SMILES string of the molecule is CCN(C)CC(CC=O)C(C)C. The van der Waals surface area contributed by atoms with Crippen LogP contribution in [-0.4, -0.2) is 31.3 Å². The Bertz CT molecular complexity index is 123. The van der Waals surface area contributed by atoms with Crippen LogP contribution < -0.4 is 0 Å². The maximum atomic E-state index is 10.4. The van der Waals surface area contributed by atoms with Crippen LogP contribution >= 0.6 is 0 Å². The highest BCUT2D eigenvalue weighted by atomic mass is 16.1. The van der Waals surface area contributed by atoms with E-state index >= 15 is 0 Å². The zero-order chi connectivity index (χ0) is 9.56. The van der Waals surface area contributed by atoms with E-state index in [0.29, 0.717) is 18.3 Å². The first kappa shape index (κ1) is 11.6. The van der Waals surface area contributed by atoms with Gasteiger partial charge in [0, 0.05) is 13.0 Å². The number of hydrogen-bond donors (Lipinski definition) is 0. The van der Waals surface area contributed by atoms with E-state index in [1.54, 1.807) is 0 Å². The largest absolute Gasteiger partial charge is 0.306 e. The topological polar surface area (TPSA) is 20.3 Å². The summed E-state index contributed by atoms with van der Waals surface area (Å²) in [6, 6.07) is 0. The Kier molecular flexibility index (Phi) is 5.99. The van der Waals surface area contributed by atoms with E-state index in [1.165, 1.54) is 0 Å². The molecule has 0 rings (SSSR count). The van der Waals surface area contributed by atoms with Crippen LogP contribution in [0.1, 0.15) is 27.2 Å². The summed E-state index contributed by atoms with van der Waals surface area (Å²) in [6.07, 6.45) is 1.73. The van der Waals surface area contributed by atoms with Gasteiger partial charge >= 0.3 is 0 Å². The molecular weight excluding hydrogens is 150 g/mol. The van der Waals surface area contributed by atoms with E-state index < -0.39 is 0 Å². The van der Waals surface area contributed by atoms with Crippen LogP contribution in [0.3, 0.4) is 0 Å². The Labute approximate surface area is 75.9 Å². The number of aldehydes is 1. The first-order valence-corrected chi connectivity index (χ1v) is 4.74. The van der Waals surface area contributed by atoms with Crippen LogP contribution in [-0.2, 0) is 4.79 Å². The second kappa shape index (κ2) is 6.18. The molecule has 0 aliphatic heterocycles. The lowest BCUT2D eigenvalue weighted by Crippen LogP contribution is -2.28. The average Bonchev–Trinajstić information content (AvgIpc) is 2.03. The summed E-state index contributed by atoms with van der Waals surface area (Å²) in [5.74, 6) is 1.12. The van der Waals surface area contributed by atoms with E-state index in [2.05, 4.69) is 32.7 Å². The van der Waals surface area contributed by atoms with Crippen molar-refractivity contribution in [3.63, 3.8) is 0 Å². The molecular formula is C10H21NO. The van der Waals surface area contributed by atoms with E-state index in [9.17, 15) is 4.79 Å². The van der Waals surface area contributed by atoms with Crippen molar-refractivity contribution in [2.24, 2.45) is 11.8 Å². The fourth-order valence-corrected chi connectivity index (χ4v) is 1.21. The van der Waals surface area contributed by atoms with Crippen molar-refractivity contribution in [1.29, 1.82) is 0 Å². The van der Waals surface area contributed by atoms with Crippen LogP contribution in [0.5, 0.6) is 0 Å². The van der Waals surface area contributed by atoms with Gasteiger partial charge < -0.3 is 9.69 Å². The van der Waals surface area contributed by atoms with E-state index in [-0.39, 0.29) is 0 Å².